The summed E-state index contributed by atoms with van der Waals surface area (Å²) in [5.41, 5.74) is 0. The van der Waals surface area contributed by atoms with E-state index in [2.05, 4.69) is 20.9 Å². The van der Waals surface area contributed by atoms with E-state index in [0.29, 0.717) is 4.47 Å². The summed E-state index contributed by atoms with van der Waals surface area (Å²) in [6.45, 7) is 0. The second-order valence-corrected chi connectivity index (χ2v) is 3.94. The Kier molecular flexibility index (Phi) is 4.68. The van der Waals surface area contributed by atoms with Crippen LogP contribution in [0.15, 0.2) is 28.7 Å². The number of carbonyl (C=O) groups excluding carboxylic acids is 1. The van der Waals surface area contributed by atoms with E-state index in [1.54, 1.807) is 18.2 Å². The van der Waals surface area contributed by atoms with Crippen molar-refractivity contribution >= 4 is 21.9 Å². The van der Waals surface area contributed by atoms with Crippen molar-refractivity contribution in [2.45, 2.75) is 12.8 Å². The van der Waals surface area contributed by atoms with E-state index in [1.165, 1.54) is 6.07 Å². The summed E-state index contributed by atoms with van der Waals surface area (Å²) in [6, 6.07) is 6.49. The Bertz CT molecular complexity index is 319. The van der Waals surface area contributed by atoms with Gasteiger partial charge in [-0.15, -0.1) is 0 Å². The van der Waals surface area contributed by atoms with E-state index in [9.17, 15) is 13.7 Å². The van der Waals surface area contributed by atoms with Gasteiger partial charge in [0.25, 0.3) is 0 Å². The standard InChI is InChI=1S/C6H4BrF.C4H5FO2/c7-5-3-1-2-4-6(5)8;5-7-4(6)3-1-2-3/h1-4H;3H,1-2H2. The minimum atomic E-state index is -0.708. The molecule has 82 valence electrons. The van der Waals surface area contributed by atoms with Crippen molar-refractivity contribution in [3.05, 3.63) is 34.6 Å². The highest BCUT2D eigenvalue weighted by Gasteiger charge is 2.31. The first-order valence-corrected chi connectivity index (χ1v) is 5.17. The molecule has 1 aliphatic rings. The van der Waals surface area contributed by atoms with Crippen molar-refractivity contribution in [1.29, 1.82) is 0 Å². The van der Waals surface area contributed by atoms with Crippen LogP contribution in [0.5, 0.6) is 0 Å². The summed E-state index contributed by atoms with van der Waals surface area (Å²) in [5.74, 6) is -1.04. The Balaban J connectivity index is 0.000000151. The monoisotopic (exact) mass is 278 g/mol. The van der Waals surface area contributed by atoms with Crippen molar-refractivity contribution in [3.8, 4) is 0 Å². The number of carbonyl (C=O) groups is 1. The molecule has 1 saturated carbocycles. The normalized spacial score (nSPS) is 13.8. The zero-order valence-corrected chi connectivity index (χ0v) is 9.34. The minimum absolute atomic E-state index is 0.120. The van der Waals surface area contributed by atoms with Crippen molar-refractivity contribution in [1.82, 2.24) is 0 Å². The summed E-state index contributed by atoms with van der Waals surface area (Å²) < 4.78 is 23.6. The van der Waals surface area contributed by atoms with Crippen molar-refractivity contribution < 1.29 is 18.7 Å². The first kappa shape index (κ1) is 12.1. The van der Waals surface area contributed by atoms with Gasteiger partial charge < -0.3 is 0 Å². The van der Waals surface area contributed by atoms with Crippen LogP contribution in [0.3, 0.4) is 0 Å². The van der Waals surface area contributed by atoms with Gasteiger partial charge in [0.15, 0.2) is 0 Å². The Morgan fingerprint density at radius 3 is 2.27 bits per heavy atom. The molecule has 5 heteroatoms. The number of benzene rings is 1. The molecule has 1 aromatic rings. The third kappa shape index (κ3) is 4.38. The zero-order chi connectivity index (χ0) is 11.3. The predicted octanol–water partition coefficient (Wildman–Crippen LogP) is 3.41. The minimum Gasteiger partial charge on any atom is -0.255 e. The number of hydrogen-bond acceptors (Lipinski definition) is 2. The fourth-order valence-electron chi connectivity index (χ4n) is 0.821. The van der Waals surface area contributed by atoms with Gasteiger partial charge in [0.05, 0.1) is 10.4 Å². The van der Waals surface area contributed by atoms with Gasteiger partial charge in [-0.3, -0.25) is 4.94 Å². The molecule has 1 fully saturated rings. The molecule has 0 heterocycles. The quantitative estimate of drug-likeness (QED) is 0.787. The van der Waals surface area contributed by atoms with Crippen LogP contribution in [0.1, 0.15) is 12.8 Å². The Morgan fingerprint density at radius 1 is 1.40 bits per heavy atom. The Hall–Kier alpha value is -0.970. The summed E-state index contributed by atoms with van der Waals surface area (Å²) in [5, 5.41) is 0. The second-order valence-electron chi connectivity index (χ2n) is 3.08. The first-order valence-electron chi connectivity index (χ1n) is 4.37. The summed E-state index contributed by atoms with van der Waals surface area (Å²) >= 11 is 3.02. The highest BCUT2D eigenvalue weighted by molar-refractivity contribution is 9.10. The molecule has 0 N–H and O–H groups in total. The molecule has 0 amide bonds. The SMILES string of the molecule is Fc1ccccc1Br.O=C(OF)C1CC1. The molecule has 0 saturated heterocycles. The number of rotatable bonds is 1. The van der Waals surface area contributed by atoms with Crippen molar-refractivity contribution in [2.24, 2.45) is 5.92 Å². The fraction of sp³-hybridized carbons (Fsp3) is 0.300. The van der Waals surface area contributed by atoms with E-state index in [4.69, 9.17) is 0 Å². The molecule has 0 radical (unpaired) electrons. The van der Waals surface area contributed by atoms with Gasteiger partial charge >= 0.3 is 5.97 Å². The predicted molar refractivity (Wildman–Crippen MR) is 54.0 cm³/mol. The summed E-state index contributed by atoms with van der Waals surface area (Å²) in [7, 11) is 0. The lowest BCUT2D eigenvalue weighted by atomic mass is 10.4. The second kappa shape index (κ2) is 5.80. The van der Waals surface area contributed by atoms with Gasteiger partial charge in [-0.05, 0) is 40.9 Å². The van der Waals surface area contributed by atoms with Crippen LogP contribution in [0.2, 0.25) is 0 Å². The Labute approximate surface area is 94.3 Å². The van der Waals surface area contributed by atoms with Crippen molar-refractivity contribution in [3.63, 3.8) is 0 Å². The largest absolute Gasteiger partial charge is 0.351 e. The lowest BCUT2D eigenvalue weighted by Crippen LogP contribution is -1.97. The molecule has 0 bridgehead atoms. The van der Waals surface area contributed by atoms with E-state index >= 15 is 0 Å². The van der Waals surface area contributed by atoms with E-state index < -0.39 is 5.97 Å². The fourth-order valence-corrected chi connectivity index (χ4v) is 1.11. The maximum atomic E-state index is 12.3. The van der Waals surface area contributed by atoms with Crippen LogP contribution in [0.4, 0.5) is 8.92 Å². The molecule has 2 nitrogen and oxygen atoms in total. The highest BCUT2D eigenvalue weighted by atomic mass is 79.9. The third-order valence-corrected chi connectivity index (χ3v) is 2.45. The van der Waals surface area contributed by atoms with Gasteiger partial charge in [0, 0.05) is 4.53 Å². The molecule has 15 heavy (non-hydrogen) atoms. The van der Waals surface area contributed by atoms with E-state index in [-0.39, 0.29) is 11.7 Å². The van der Waals surface area contributed by atoms with Gasteiger partial charge in [-0.25, -0.2) is 9.18 Å². The van der Waals surface area contributed by atoms with E-state index in [1.807, 2.05) is 0 Å². The molecule has 0 aromatic heterocycles. The Morgan fingerprint density at radius 2 is 2.00 bits per heavy atom. The molecular formula is C10H9BrF2O2. The lowest BCUT2D eigenvalue weighted by molar-refractivity contribution is -0.185. The lowest BCUT2D eigenvalue weighted by Gasteiger charge is -1.87. The molecule has 1 aliphatic carbocycles. The average molecular weight is 279 g/mol. The summed E-state index contributed by atoms with van der Waals surface area (Å²) in [6.07, 6.45) is 1.59. The zero-order valence-electron chi connectivity index (χ0n) is 7.75. The van der Waals surface area contributed by atoms with Crippen LogP contribution in [-0.4, -0.2) is 5.97 Å². The molecule has 0 aliphatic heterocycles. The van der Waals surface area contributed by atoms with Crippen LogP contribution >= 0.6 is 15.9 Å². The highest BCUT2D eigenvalue weighted by Crippen LogP contribution is 2.29. The van der Waals surface area contributed by atoms with Crippen LogP contribution in [-0.2, 0) is 9.74 Å². The molecule has 0 unspecified atom stereocenters. The third-order valence-electron chi connectivity index (χ3n) is 1.81. The molecule has 0 spiro atoms. The van der Waals surface area contributed by atoms with Gasteiger partial charge in [-0.1, -0.05) is 12.1 Å². The van der Waals surface area contributed by atoms with Gasteiger partial charge in [0.2, 0.25) is 0 Å². The smallest absolute Gasteiger partial charge is 0.255 e. The molecule has 2 rings (SSSR count). The van der Waals surface area contributed by atoms with Crippen molar-refractivity contribution in [2.75, 3.05) is 0 Å². The topological polar surface area (TPSA) is 26.3 Å². The number of hydrogen-bond donors (Lipinski definition) is 0. The van der Waals surface area contributed by atoms with Crippen LogP contribution in [0.25, 0.3) is 0 Å². The number of halogens is 3. The van der Waals surface area contributed by atoms with E-state index in [0.717, 1.165) is 12.8 Å². The maximum absolute atomic E-state index is 12.3. The molecule has 1 aromatic carbocycles. The van der Waals surface area contributed by atoms with Crippen LogP contribution in [0, 0.1) is 11.7 Å². The average Bonchev–Trinajstić information content (AvgIpc) is 3.06. The van der Waals surface area contributed by atoms with Gasteiger partial charge in [-0.2, -0.15) is 0 Å². The van der Waals surface area contributed by atoms with Gasteiger partial charge in [0.1, 0.15) is 5.82 Å². The van der Waals surface area contributed by atoms with Crippen LogP contribution < -0.4 is 0 Å². The maximum Gasteiger partial charge on any atom is 0.351 e. The molecule has 0 atom stereocenters. The first-order chi connectivity index (χ1) is 7.15. The summed E-state index contributed by atoms with van der Waals surface area (Å²) in [4.78, 5) is 12.9. The molecular weight excluding hydrogens is 270 g/mol.